The molecule has 6 aliphatic rings. The van der Waals surface area contributed by atoms with Crippen molar-refractivity contribution in [3.63, 3.8) is 0 Å². The first-order valence-corrected chi connectivity index (χ1v) is 28.2. The van der Waals surface area contributed by atoms with Crippen molar-refractivity contribution >= 4 is 17.9 Å². The van der Waals surface area contributed by atoms with Gasteiger partial charge in [0.15, 0.2) is 6.10 Å². The number of hydrogen-bond acceptors (Lipinski definition) is 6. The highest BCUT2D eigenvalue weighted by Crippen LogP contribution is 2.42. The second-order valence-electron chi connectivity index (χ2n) is 21.1. The van der Waals surface area contributed by atoms with Gasteiger partial charge in [0, 0.05) is 32.5 Å². The van der Waals surface area contributed by atoms with Crippen LogP contribution in [0.25, 0.3) is 0 Å². The third-order valence-corrected chi connectivity index (χ3v) is 15.2. The summed E-state index contributed by atoms with van der Waals surface area (Å²) in [6, 6.07) is 0. The number of ether oxygens (including phenoxy) is 3. The average molecular weight is 1010 g/mol. The Balaban J connectivity index is 1.14. The van der Waals surface area contributed by atoms with E-state index in [9.17, 15) is 14.4 Å². The molecule has 0 heterocycles. The SMILES string of the molecule is CC/C=C\C1(/C=C\CC(CC)C(=O)OCC(COC(=O)C(CC)C/C=C\C2(/C=C\CC)C=CC3(C=CCC=C3)C=C2)OC(=O)C(CC)C/C=C\C2(/C=C\CC)C=CC3(C=CCC=C3)C=C2)C=CC2(C=CCC=C2)C=C1. The third-order valence-electron chi connectivity index (χ3n) is 15.2. The van der Waals surface area contributed by atoms with Gasteiger partial charge in [-0.2, -0.15) is 0 Å². The van der Waals surface area contributed by atoms with Gasteiger partial charge in [-0.3, -0.25) is 14.4 Å². The largest absolute Gasteiger partial charge is 0.461 e. The lowest BCUT2D eigenvalue weighted by Crippen LogP contribution is -2.34. The van der Waals surface area contributed by atoms with Crippen LogP contribution in [0.4, 0.5) is 0 Å². The monoisotopic (exact) mass is 1010 g/mol. The highest BCUT2D eigenvalue weighted by Gasteiger charge is 2.33. The Morgan fingerprint density at radius 2 is 0.640 bits per heavy atom. The summed E-state index contributed by atoms with van der Waals surface area (Å²) in [7, 11) is 0. The fourth-order valence-electron chi connectivity index (χ4n) is 10.1. The molecule has 0 radical (unpaired) electrons. The van der Waals surface area contributed by atoms with E-state index in [2.05, 4.69) is 240 Å². The molecule has 0 aromatic rings. The summed E-state index contributed by atoms with van der Waals surface area (Å²) in [4.78, 5) is 41.9. The minimum atomic E-state index is -0.995. The van der Waals surface area contributed by atoms with Crippen molar-refractivity contribution in [1.29, 1.82) is 0 Å². The Morgan fingerprint density at radius 1 is 0.373 bits per heavy atom. The third kappa shape index (κ3) is 16.4. The van der Waals surface area contributed by atoms with Gasteiger partial charge in [-0.25, -0.2) is 0 Å². The Morgan fingerprint density at radius 3 is 0.907 bits per heavy atom. The van der Waals surface area contributed by atoms with Gasteiger partial charge in [0.2, 0.25) is 0 Å². The number of esters is 3. The quantitative estimate of drug-likeness (QED) is 0.0488. The fraction of sp³-hybridized carbons (Fsp3) is 0.435. The lowest BCUT2D eigenvalue weighted by atomic mass is 9.73. The summed E-state index contributed by atoms with van der Waals surface area (Å²) in [5, 5.41) is 0. The molecule has 0 aliphatic heterocycles. The highest BCUT2D eigenvalue weighted by atomic mass is 16.6. The van der Waals surface area contributed by atoms with Crippen LogP contribution in [-0.2, 0) is 28.6 Å². The predicted molar refractivity (Wildman–Crippen MR) is 311 cm³/mol. The molecule has 0 amide bonds. The lowest BCUT2D eigenvalue weighted by Gasteiger charge is -2.31. The summed E-state index contributed by atoms with van der Waals surface area (Å²) >= 11 is 0. The molecule has 0 N–H and O–H groups in total. The standard InChI is InChI=1S/C69H86O6/c1-7-13-31-64(43-49-67(50-44-64)34-19-16-20-35-67)40-25-28-57(10-4)61(70)73-55-60(75-63(72)59(12-6)30-27-42-66(33-15-9-3)47-53-69(54-48-66)38-23-18-24-39-69)56-74-62(71)58(11-5)29-26-41-65(32-14-8-2)45-51-68(52-46-65)36-21-17-22-37-68/h13-15,19-27,31-54,57-60H,7-12,16-18,28-30,55-56H2,1-6H3/b31-13-,32-14-,33-15-,40-25-,41-26-,42-27-. The van der Waals surface area contributed by atoms with Crippen molar-refractivity contribution in [2.24, 2.45) is 50.2 Å². The van der Waals surface area contributed by atoms with E-state index in [0.29, 0.717) is 38.5 Å². The average Bonchev–Trinajstić information content (AvgIpc) is 3.44. The van der Waals surface area contributed by atoms with Crippen molar-refractivity contribution < 1.29 is 28.6 Å². The lowest BCUT2D eigenvalue weighted by molar-refractivity contribution is -0.172. The van der Waals surface area contributed by atoms with Gasteiger partial charge in [-0.05, 0) is 77.0 Å². The summed E-state index contributed by atoms with van der Waals surface area (Å²) in [6.07, 6.45) is 86.8. The van der Waals surface area contributed by atoms with Crippen molar-refractivity contribution in [2.45, 2.75) is 125 Å². The van der Waals surface area contributed by atoms with E-state index in [1.807, 2.05) is 20.8 Å². The maximum atomic E-state index is 14.1. The molecule has 3 atom stereocenters. The zero-order valence-electron chi connectivity index (χ0n) is 45.9. The van der Waals surface area contributed by atoms with E-state index in [4.69, 9.17) is 14.2 Å². The van der Waals surface area contributed by atoms with Crippen molar-refractivity contribution in [3.05, 3.63) is 219 Å². The van der Waals surface area contributed by atoms with Crippen molar-refractivity contribution in [1.82, 2.24) is 0 Å². The molecule has 3 unspecified atom stereocenters. The smallest absolute Gasteiger partial charge is 0.309 e. The Hall–Kier alpha value is -6.27. The minimum absolute atomic E-state index is 0.204. The number of hydrogen-bond donors (Lipinski definition) is 0. The fourth-order valence-corrected chi connectivity index (χ4v) is 10.1. The van der Waals surface area contributed by atoms with Gasteiger partial charge in [0.1, 0.15) is 13.2 Å². The Bertz CT molecular complexity index is 2310. The van der Waals surface area contributed by atoms with Crippen LogP contribution >= 0.6 is 0 Å². The van der Waals surface area contributed by atoms with Gasteiger partial charge >= 0.3 is 17.9 Å². The molecule has 398 valence electrons. The molecular weight excluding hydrogens is 925 g/mol. The van der Waals surface area contributed by atoms with Gasteiger partial charge in [0.05, 0.1) is 17.8 Å². The van der Waals surface area contributed by atoms with Crippen LogP contribution in [0.5, 0.6) is 0 Å². The summed E-state index contributed by atoms with van der Waals surface area (Å²) in [5.41, 5.74) is -1.85. The van der Waals surface area contributed by atoms with E-state index in [-0.39, 0.29) is 41.4 Å². The molecule has 0 saturated heterocycles. The predicted octanol–water partition coefficient (Wildman–Crippen LogP) is 16.6. The Kier molecular flexibility index (Phi) is 21.7. The Labute approximate surface area is 451 Å². The van der Waals surface area contributed by atoms with Gasteiger partial charge < -0.3 is 14.2 Å². The molecule has 6 nitrogen and oxygen atoms in total. The van der Waals surface area contributed by atoms with E-state index in [1.165, 1.54) is 0 Å². The molecule has 0 saturated carbocycles. The van der Waals surface area contributed by atoms with Crippen LogP contribution in [-0.4, -0.2) is 37.2 Å². The van der Waals surface area contributed by atoms with E-state index in [1.54, 1.807) is 0 Å². The molecule has 0 aromatic carbocycles. The number of allylic oxidation sites excluding steroid dienone is 36. The topological polar surface area (TPSA) is 78.9 Å². The summed E-state index contributed by atoms with van der Waals surface area (Å²) < 4.78 is 18.2. The molecule has 75 heavy (non-hydrogen) atoms. The van der Waals surface area contributed by atoms with Crippen molar-refractivity contribution in [2.75, 3.05) is 13.2 Å². The first kappa shape index (κ1) is 58.0. The zero-order chi connectivity index (χ0) is 53.5. The second-order valence-corrected chi connectivity index (χ2v) is 21.1. The maximum absolute atomic E-state index is 14.1. The zero-order valence-corrected chi connectivity index (χ0v) is 45.9. The normalized spacial score (nSPS) is 24.9. The minimum Gasteiger partial charge on any atom is -0.461 e. The molecule has 0 bridgehead atoms. The number of carbonyl (C=O) groups is 3. The molecule has 3 spiro atoms. The highest BCUT2D eigenvalue weighted by molar-refractivity contribution is 5.74. The van der Waals surface area contributed by atoms with Gasteiger partial charge in [-0.15, -0.1) is 0 Å². The first-order valence-electron chi connectivity index (χ1n) is 28.2. The molecule has 0 aromatic heterocycles. The van der Waals surface area contributed by atoms with E-state index >= 15 is 0 Å². The van der Waals surface area contributed by atoms with Crippen LogP contribution in [0.2, 0.25) is 0 Å². The van der Waals surface area contributed by atoms with Crippen LogP contribution in [0.1, 0.15) is 119 Å². The second kappa shape index (κ2) is 28.0. The first-order chi connectivity index (χ1) is 36.4. The molecule has 6 rings (SSSR count). The van der Waals surface area contributed by atoms with Gasteiger partial charge in [-0.1, -0.05) is 260 Å². The van der Waals surface area contributed by atoms with E-state index in [0.717, 1.165) is 38.5 Å². The summed E-state index contributed by atoms with van der Waals surface area (Å²) in [5.74, 6) is -2.51. The van der Waals surface area contributed by atoms with E-state index < -0.39 is 46.1 Å². The molecule has 0 fully saturated rings. The maximum Gasteiger partial charge on any atom is 0.309 e. The van der Waals surface area contributed by atoms with Gasteiger partial charge in [0.25, 0.3) is 0 Å². The van der Waals surface area contributed by atoms with Crippen molar-refractivity contribution in [3.8, 4) is 0 Å². The number of carbonyl (C=O) groups excluding carboxylic acids is 3. The molecule has 6 aliphatic carbocycles. The molecule has 6 heteroatoms. The summed E-state index contributed by atoms with van der Waals surface area (Å²) in [6.45, 7) is 11.8. The van der Waals surface area contributed by atoms with Crippen LogP contribution in [0, 0.1) is 50.2 Å². The van der Waals surface area contributed by atoms with Crippen LogP contribution in [0.3, 0.4) is 0 Å². The molecular formula is C69H86O6. The van der Waals surface area contributed by atoms with Crippen LogP contribution in [0.15, 0.2) is 219 Å². The van der Waals surface area contributed by atoms with Crippen LogP contribution < -0.4 is 0 Å². The number of rotatable bonds is 26.